The van der Waals surface area contributed by atoms with E-state index in [1.807, 2.05) is 12.1 Å². The first-order valence-corrected chi connectivity index (χ1v) is 7.16. The zero-order valence-corrected chi connectivity index (χ0v) is 12.0. The highest BCUT2D eigenvalue weighted by Gasteiger charge is 2.18. The third-order valence-electron chi connectivity index (χ3n) is 3.76. The molecule has 1 saturated carbocycles. The number of hydrogen-bond acceptors (Lipinski definition) is 2. The summed E-state index contributed by atoms with van der Waals surface area (Å²) < 4.78 is 5.25. The van der Waals surface area contributed by atoms with Crippen LogP contribution in [0.2, 0.25) is 5.02 Å². The van der Waals surface area contributed by atoms with E-state index in [-0.39, 0.29) is 5.91 Å². The Bertz CT molecular complexity index is 444. The van der Waals surface area contributed by atoms with Crippen molar-refractivity contribution in [2.45, 2.75) is 38.6 Å². The normalized spacial score (nSPS) is 14.8. The number of halogens is 1. The van der Waals surface area contributed by atoms with Crippen LogP contribution in [0.5, 0.6) is 5.75 Å². The maximum absolute atomic E-state index is 11.8. The number of methoxy groups -OCH3 is 1. The number of rotatable bonds is 6. The van der Waals surface area contributed by atoms with Gasteiger partial charge in [-0.3, -0.25) is 4.79 Å². The number of hydrogen-bond donors (Lipinski definition) is 1. The van der Waals surface area contributed by atoms with E-state index in [9.17, 15) is 4.79 Å². The van der Waals surface area contributed by atoms with Crippen molar-refractivity contribution in [2.75, 3.05) is 7.11 Å². The maximum atomic E-state index is 11.8. The van der Waals surface area contributed by atoms with Gasteiger partial charge < -0.3 is 10.1 Å². The number of nitrogens with one attached hydrogen (secondary N) is 1. The second-order valence-electron chi connectivity index (χ2n) is 5.03. The summed E-state index contributed by atoms with van der Waals surface area (Å²) in [4.78, 5) is 11.8. The summed E-state index contributed by atoms with van der Waals surface area (Å²) >= 11 is 6.12. The molecule has 0 aromatic heterocycles. The number of benzene rings is 1. The Morgan fingerprint density at radius 3 is 2.89 bits per heavy atom. The lowest BCUT2D eigenvalue weighted by atomic mass is 9.82. The molecular formula is C15H20ClNO2. The minimum Gasteiger partial charge on any atom is -0.496 e. The van der Waals surface area contributed by atoms with Crippen LogP contribution in [0.1, 0.15) is 37.7 Å². The van der Waals surface area contributed by atoms with Crippen LogP contribution >= 0.6 is 11.6 Å². The van der Waals surface area contributed by atoms with Gasteiger partial charge in [0, 0.05) is 23.6 Å². The van der Waals surface area contributed by atoms with Crippen LogP contribution < -0.4 is 10.1 Å². The van der Waals surface area contributed by atoms with Crippen LogP contribution in [0.25, 0.3) is 0 Å². The molecule has 1 amide bonds. The molecular weight excluding hydrogens is 262 g/mol. The Morgan fingerprint density at radius 2 is 2.26 bits per heavy atom. The third kappa shape index (κ3) is 3.87. The van der Waals surface area contributed by atoms with Gasteiger partial charge in [0.2, 0.25) is 5.91 Å². The Kier molecular flexibility index (Phi) is 5.08. The summed E-state index contributed by atoms with van der Waals surface area (Å²) in [5, 5.41) is 3.54. The number of carbonyl (C=O) groups excluding carboxylic acids is 1. The van der Waals surface area contributed by atoms with E-state index in [2.05, 4.69) is 5.32 Å². The van der Waals surface area contributed by atoms with Crippen LogP contribution in [-0.2, 0) is 11.3 Å². The molecule has 19 heavy (non-hydrogen) atoms. The minimum absolute atomic E-state index is 0.0915. The van der Waals surface area contributed by atoms with Crippen LogP contribution in [-0.4, -0.2) is 13.0 Å². The van der Waals surface area contributed by atoms with E-state index >= 15 is 0 Å². The van der Waals surface area contributed by atoms with Crippen molar-refractivity contribution in [3.63, 3.8) is 0 Å². The van der Waals surface area contributed by atoms with Crippen LogP contribution in [0, 0.1) is 5.92 Å². The van der Waals surface area contributed by atoms with Gasteiger partial charge in [-0.15, -0.1) is 0 Å². The molecule has 0 aliphatic heterocycles. The zero-order chi connectivity index (χ0) is 13.7. The lowest BCUT2D eigenvalue weighted by Gasteiger charge is -2.24. The van der Waals surface area contributed by atoms with Crippen LogP contribution in [0.3, 0.4) is 0 Å². The molecule has 0 bridgehead atoms. The van der Waals surface area contributed by atoms with Gasteiger partial charge in [0.25, 0.3) is 0 Å². The smallest absolute Gasteiger partial charge is 0.220 e. The summed E-state index contributed by atoms with van der Waals surface area (Å²) in [6.45, 7) is 0.423. The van der Waals surface area contributed by atoms with Gasteiger partial charge in [-0.05, 0) is 24.5 Å². The van der Waals surface area contributed by atoms with E-state index in [1.54, 1.807) is 13.2 Å². The van der Waals surface area contributed by atoms with E-state index in [0.29, 0.717) is 23.7 Å². The van der Waals surface area contributed by atoms with Gasteiger partial charge in [-0.25, -0.2) is 0 Å². The Hall–Kier alpha value is -1.22. The molecule has 0 saturated heterocycles. The number of amides is 1. The number of carbonyl (C=O) groups is 1. The van der Waals surface area contributed by atoms with Gasteiger partial charge in [-0.1, -0.05) is 36.9 Å². The van der Waals surface area contributed by atoms with Crippen molar-refractivity contribution < 1.29 is 9.53 Å². The lowest BCUT2D eigenvalue weighted by molar-refractivity contribution is -0.121. The van der Waals surface area contributed by atoms with Gasteiger partial charge in [-0.2, -0.15) is 0 Å². The minimum atomic E-state index is 0.0915. The van der Waals surface area contributed by atoms with E-state index in [1.165, 1.54) is 19.3 Å². The zero-order valence-electron chi connectivity index (χ0n) is 11.2. The highest BCUT2D eigenvalue weighted by atomic mass is 35.5. The summed E-state index contributed by atoms with van der Waals surface area (Å²) in [5.74, 6) is 1.57. The van der Waals surface area contributed by atoms with Gasteiger partial charge in [0.15, 0.2) is 0 Å². The molecule has 1 N–H and O–H groups in total. The maximum Gasteiger partial charge on any atom is 0.220 e. The molecule has 0 spiro atoms. The van der Waals surface area contributed by atoms with Crippen LogP contribution in [0.15, 0.2) is 18.2 Å². The Labute approximate surface area is 119 Å². The summed E-state index contributed by atoms with van der Waals surface area (Å²) in [6, 6.07) is 5.49. The van der Waals surface area contributed by atoms with Crippen molar-refractivity contribution in [1.29, 1.82) is 0 Å². The topological polar surface area (TPSA) is 38.3 Å². The Balaban J connectivity index is 1.82. The molecule has 1 aromatic rings. The summed E-state index contributed by atoms with van der Waals surface area (Å²) in [6.07, 6.45) is 5.50. The van der Waals surface area contributed by atoms with E-state index in [4.69, 9.17) is 16.3 Å². The average Bonchev–Trinajstić information content (AvgIpc) is 2.35. The van der Waals surface area contributed by atoms with Crippen molar-refractivity contribution in [3.05, 3.63) is 28.8 Å². The molecule has 3 nitrogen and oxygen atoms in total. The first-order chi connectivity index (χ1) is 9.20. The molecule has 0 unspecified atom stereocenters. The summed E-state index contributed by atoms with van der Waals surface area (Å²) in [5.41, 5.74) is 0.837. The molecule has 1 fully saturated rings. The fourth-order valence-corrected chi connectivity index (χ4v) is 2.53. The molecule has 1 aromatic carbocycles. The predicted octanol–water partition coefficient (Wildman–Crippen LogP) is 3.55. The molecule has 1 aliphatic carbocycles. The second-order valence-corrected chi connectivity index (χ2v) is 5.44. The molecule has 1 aliphatic rings. The second kappa shape index (κ2) is 6.80. The van der Waals surface area contributed by atoms with Crippen molar-refractivity contribution in [3.8, 4) is 5.75 Å². The summed E-state index contributed by atoms with van der Waals surface area (Å²) in [7, 11) is 1.60. The molecule has 0 heterocycles. The highest BCUT2D eigenvalue weighted by Crippen LogP contribution is 2.30. The fourth-order valence-electron chi connectivity index (χ4n) is 2.29. The van der Waals surface area contributed by atoms with Crippen molar-refractivity contribution in [2.24, 2.45) is 5.92 Å². The molecule has 4 heteroatoms. The predicted molar refractivity (Wildman–Crippen MR) is 76.4 cm³/mol. The molecule has 104 valence electrons. The van der Waals surface area contributed by atoms with Gasteiger partial charge in [0.05, 0.1) is 7.11 Å². The average molecular weight is 282 g/mol. The van der Waals surface area contributed by atoms with Crippen molar-refractivity contribution >= 4 is 17.5 Å². The van der Waals surface area contributed by atoms with E-state index in [0.717, 1.165) is 17.9 Å². The number of ether oxygens (including phenoxy) is 1. The fraction of sp³-hybridized carbons (Fsp3) is 0.533. The van der Waals surface area contributed by atoms with Gasteiger partial charge >= 0.3 is 0 Å². The Morgan fingerprint density at radius 1 is 1.47 bits per heavy atom. The van der Waals surface area contributed by atoms with E-state index < -0.39 is 0 Å². The largest absolute Gasteiger partial charge is 0.496 e. The standard InChI is InChI=1S/C15H20ClNO2/c1-19-14-7-3-6-13(16)12(14)10-17-15(18)9-8-11-4-2-5-11/h3,6-7,11H,2,4-5,8-10H2,1H3,(H,17,18). The first-order valence-electron chi connectivity index (χ1n) is 6.78. The quantitative estimate of drug-likeness (QED) is 0.866. The third-order valence-corrected chi connectivity index (χ3v) is 4.12. The lowest BCUT2D eigenvalue weighted by Crippen LogP contribution is -2.24. The molecule has 0 atom stereocenters. The SMILES string of the molecule is COc1cccc(Cl)c1CNC(=O)CCC1CCC1. The van der Waals surface area contributed by atoms with Crippen molar-refractivity contribution in [1.82, 2.24) is 5.32 Å². The molecule has 0 radical (unpaired) electrons. The molecule has 2 rings (SSSR count). The first kappa shape index (κ1) is 14.2. The monoisotopic (exact) mass is 281 g/mol. The van der Waals surface area contributed by atoms with Gasteiger partial charge in [0.1, 0.15) is 5.75 Å². The van der Waals surface area contributed by atoms with Crippen LogP contribution in [0.4, 0.5) is 0 Å². The highest BCUT2D eigenvalue weighted by molar-refractivity contribution is 6.31.